The maximum Gasteiger partial charge on any atom is 0.338 e. The monoisotopic (exact) mass is 265 g/mol. The van der Waals surface area contributed by atoms with Gasteiger partial charge in [0.2, 0.25) is 0 Å². The van der Waals surface area contributed by atoms with Crippen LogP contribution in [-0.2, 0) is 4.74 Å². The van der Waals surface area contributed by atoms with Crippen LogP contribution in [0, 0.1) is 0 Å². The van der Waals surface area contributed by atoms with E-state index in [9.17, 15) is 9.59 Å². The van der Waals surface area contributed by atoms with Crippen molar-refractivity contribution in [3.8, 4) is 0 Å². The number of carbonyl (C=O) groups is 2. The highest BCUT2D eigenvalue weighted by Gasteiger charge is 2.43. The maximum atomic E-state index is 12.2. The molecule has 1 amide bonds. The summed E-state index contributed by atoms with van der Waals surface area (Å²) in [5.74, 6) is -1.28. The van der Waals surface area contributed by atoms with Crippen molar-refractivity contribution in [1.29, 1.82) is 0 Å². The smallest absolute Gasteiger partial charge is 0.338 e. The first-order valence-electron chi connectivity index (χ1n) is 6.35. The standard InChI is InChI=1S/C13H15NO5/c15-11(10-6-9(7-18-10)12(16)17)14-4-5-19-13(8-14)2-1-3-13/h6-7H,1-5,8H2,(H,16,17). The van der Waals surface area contributed by atoms with Gasteiger partial charge < -0.3 is 19.2 Å². The molecule has 1 aromatic rings. The number of morpholine rings is 1. The number of carbonyl (C=O) groups excluding carboxylic acids is 1. The summed E-state index contributed by atoms with van der Waals surface area (Å²) < 4.78 is 10.8. The number of ether oxygens (including phenoxy) is 1. The normalized spacial score (nSPS) is 21.2. The van der Waals surface area contributed by atoms with Crippen LogP contribution in [0.1, 0.15) is 40.2 Å². The number of hydrogen-bond acceptors (Lipinski definition) is 4. The van der Waals surface area contributed by atoms with E-state index in [1.807, 2.05) is 0 Å². The molecule has 1 saturated heterocycles. The van der Waals surface area contributed by atoms with Crippen molar-refractivity contribution < 1.29 is 23.8 Å². The van der Waals surface area contributed by atoms with Gasteiger partial charge in [0.05, 0.1) is 24.3 Å². The van der Waals surface area contributed by atoms with E-state index < -0.39 is 5.97 Å². The summed E-state index contributed by atoms with van der Waals surface area (Å²) in [5.41, 5.74) is -0.175. The lowest BCUT2D eigenvalue weighted by atomic mass is 9.79. The number of carboxylic acids is 1. The first-order chi connectivity index (χ1) is 9.10. The summed E-state index contributed by atoms with van der Waals surface area (Å²) in [7, 11) is 0. The Morgan fingerprint density at radius 3 is 2.74 bits per heavy atom. The van der Waals surface area contributed by atoms with Crippen LogP contribution in [0.3, 0.4) is 0 Å². The lowest BCUT2D eigenvalue weighted by Crippen LogP contribution is -2.57. The average Bonchev–Trinajstić information content (AvgIpc) is 2.86. The molecular weight excluding hydrogens is 250 g/mol. The number of amides is 1. The molecule has 2 aliphatic rings. The Labute approximate surface area is 109 Å². The molecule has 102 valence electrons. The first-order valence-corrected chi connectivity index (χ1v) is 6.35. The Morgan fingerprint density at radius 1 is 1.37 bits per heavy atom. The second kappa shape index (κ2) is 4.38. The van der Waals surface area contributed by atoms with Gasteiger partial charge in [0, 0.05) is 12.6 Å². The van der Waals surface area contributed by atoms with E-state index in [-0.39, 0.29) is 22.8 Å². The average molecular weight is 265 g/mol. The molecule has 1 aliphatic heterocycles. The van der Waals surface area contributed by atoms with Crippen LogP contribution in [0.2, 0.25) is 0 Å². The molecule has 0 bridgehead atoms. The van der Waals surface area contributed by atoms with Crippen LogP contribution in [0.25, 0.3) is 0 Å². The van der Waals surface area contributed by atoms with E-state index in [2.05, 4.69) is 0 Å². The van der Waals surface area contributed by atoms with Gasteiger partial charge >= 0.3 is 5.97 Å². The van der Waals surface area contributed by atoms with Gasteiger partial charge in [-0.3, -0.25) is 4.79 Å². The highest BCUT2D eigenvalue weighted by molar-refractivity contribution is 5.95. The van der Waals surface area contributed by atoms with Gasteiger partial charge in [-0.05, 0) is 19.3 Å². The molecule has 3 rings (SSSR count). The number of carboxylic acid groups (broad SMARTS) is 1. The highest BCUT2D eigenvalue weighted by atomic mass is 16.5. The van der Waals surface area contributed by atoms with E-state index in [0.717, 1.165) is 25.5 Å². The second-order valence-corrected chi connectivity index (χ2v) is 5.12. The van der Waals surface area contributed by atoms with Crippen LogP contribution < -0.4 is 0 Å². The lowest BCUT2D eigenvalue weighted by molar-refractivity contribution is -0.142. The third kappa shape index (κ3) is 2.12. The summed E-state index contributed by atoms with van der Waals surface area (Å²) in [4.78, 5) is 24.7. The highest BCUT2D eigenvalue weighted by Crippen LogP contribution is 2.38. The fraction of sp³-hybridized carbons (Fsp3) is 0.538. The number of nitrogens with zero attached hydrogens (tertiary/aromatic N) is 1. The number of hydrogen-bond donors (Lipinski definition) is 1. The molecule has 0 radical (unpaired) electrons. The van der Waals surface area contributed by atoms with Crippen LogP contribution >= 0.6 is 0 Å². The fourth-order valence-corrected chi connectivity index (χ4v) is 2.61. The minimum Gasteiger partial charge on any atom is -0.478 e. The SMILES string of the molecule is O=C(O)c1coc(C(=O)N2CCOC3(CCC3)C2)c1. The Balaban J connectivity index is 1.73. The third-order valence-electron chi connectivity index (χ3n) is 3.86. The van der Waals surface area contributed by atoms with E-state index in [1.165, 1.54) is 6.07 Å². The van der Waals surface area contributed by atoms with Gasteiger partial charge in [0.1, 0.15) is 6.26 Å². The van der Waals surface area contributed by atoms with Crippen LogP contribution in [0.5, 0.6) is 0 Å². The molecule has 2 fully saturated rings. The molecule has 1 saturated carbocycles. The Hall–Kier alpha value is -1.82. The second-order valence-electron chi connectivity index (χ2n) is 5.12. The summed E-state index contributed by atoms with van der Waals surface area (Å²) in [6.45, 7) is 1.61. The molecule has 6 nitrogen and oxygen atoms in total. The van der Waals surface area contributed by atoms with Crippen molar-refractivity contribution in [3.63, 3.8) is 0 Å². The molecule has 1 N–H and O–H groups in total. The zero-order valence-electron chi connectivity index (χ0n) is 10.4. The molecular formula is C13H15NO5. The molecule has 0 unspecified atom stereocenters. The Kier molecular flexibility index (Phi) is 2.82. The zero-order valence-corrected chi connectivity index (χ0v) is 10.4. The fourth-order valence-electron chi connectivity index (χ4n) is 2.61. The van der Waals surface area contributed by atoms with Crippen LogP contribution in [0.4, 0.5) is 0 Å². The Morgan fingerprint density at radius 2 is 2.16 bits per heavy atom. The minimum atomic E-state index is -1.10. The number of rotatable bonds is 2. The van der Waals surface area contributed by atoms with Crippen molar-refractivity contribution in [2.24, 2.45) is 0 Å². The molecule has 1 aliphatic carbocycles. The Bertz CT molecular complexity index is 517. The molecule has 6 heteroatoms. The van der Waals surface area contributed by atoms with E-state index in [1.54, 1.807) is 4.90 Å². The van der Waals surface area contributed by atoms with Gasteiger partial charge in [0.15, 0.2) is 5.76 Å². The summed E-state index contributed by atoms with van der Waals surface area (Å²) in [5, 5.41) is 8.82. The molecule has 0 atom stereocenters. The van der Waals surface area contributed by atoms with E-state index in [4.69, 9.17) is 14.3 Å². The molecule has 0 aromatic carbocycles. The quantitative estimate of drug-likeness (QED) is 0.873. The summed E-state index contributed by atoms with van der Waals surface area (Å²) >= 11 is 0. The van der Waals surface area contributed by atoms with Gasteiger partial charge in [-0.25, -0.2) is 4.79 Å². The van der Waals surface area contributed by atoms with Crippen LogP contribution in [-0.4, -0.2) is 47.2 Å². The van der Waals surface area contributed by atoms with Crippen molar-refractivity contribution >= 4 is 11.9 Å². The third-order valence-corrected chi connectivity index (χ3v) is 3.86. The molecule has 1 aromatic heterocycles. The van der Waals surface area contributed by atoms with Gasteiger partial charge in [-0.2, -0.15) is 0 Å². The van der Waals surface area contributed by atoms with E-state index >= 15 is 0 Å². The number of aromatic carboxylic acids is 1. The van der Waals surface area contributed by atoms with Crippen molar-refractivity contribution in [2.75, 3.05) is 19.7 Å². The van der Waals surface area contributed by atoms with Crippen molar-refractivity contribution in [2.45, 2.75) is 24.9 Å². The van der Waals surface area contributed by atoms with Gasteiger partial charge in [0.25, 0.3) is 5.91 Å². The predicted molar refractivity (Wildman–Crippen MR) is 64.1 cm³/mol. The van der Waals surface area contributed by atoms with E-state index in [0.29, 0.717) is 19.7 Å². The van der Waals surface area contributed by atoms with Crippen molar-refractivity contribution in [1.82, 2.24) is 4.90 Å². The molecule has 2 heterocycles. The first kappa shape index (κ1) is 12.2. The van der Waals surface area contributed by atoms with Crippen LogP contribution in [0.15, 0.2) is 16.7 Å². The summed E-state index contributed by atoms with van der Waals surface area (Å²) in [6, 6.07) is 1.27. The zero-order chi connectivity index (χ0) is 13.5. The molecule has 1 spiro atoms. The van der Waals surface area contributed by atoms with Gasteiger partial charge in [-0.1, -0.05) is 0 Å². The number of furan rings is 1. The maximum absolute atomic E-state index is 12.2. The predicted octanol–water partition coefficient (Wildman–Crippen LogP) is 1.37. The van der Waals surface area contributed by atoms with Crippen molar-refractivity contribution in [3.05, 3.63) is 23.7 Å². The summed E-state index contributed by atoms with van der Waals surface area (Å²) in [6.07, 6.45) is 4.19. The minimum absolute atomic E-state index is 0.00466. The topological polar surface area (TPSA) is 80.0 Å². The molecule has 19 heavy (non-hydrogen) atoms. The largest absolute Gasteiger partial charge is 0.478 e. The lowest BCUT2D eigenvalue weighted by Gasteiger charge is -2.48. The van der Waals surface area contributed by atoms with Gasteiger partial charge in [-0.15, -0.1) is 0 Å².